The van der Waals surface area contributed by atoms with E-state index in [2.05, 4.69) is 19.9 Å². The zero-order valence-electron chi connectivity index (χ0n) is 18.8. The van der Waals surface area contributed by atoms with E-state index < -0.39 is 10.0 Å². The lowest BCUT2D eigenvalue weighted by Gasteiger charge is -2.32. The highest BCUT2D eigenvalue weighted by molar-refractivity contribution is 7.89. The van der Waals surface area contributed by atoms with Crippen LogP contribution in [-0.2, 0) is 15.4 Å². The molecule has 3 aromatic rings. The fourth-order valence-electron chi connectivity index (χ4n) is 4.30. The number of hydrogen-bond donors (Lipinski definition) is 1. The first-order valence-corrected chi connectivity index (χ1v) is 12.2. The second-order valence-corrected chi connectivity index (χ2v) is 10.4. The van der Waals surface area contributed by atoms with Gasteiger partial charge in [0.2, 0.25) is 10.0 Å². The van der Waals surface area contributed by atoms with Crippen LogP contribution in [0.1, 0.15) is 55.2 Å². The Balaban J connectivity index is 1.92. The molecule has 1 aliphatic rings. The van der Waals surface area contributed by atoms with Crippen molar-refractivity contribution in [1.82, 2.24) is 4.57 Å². The lowest BCUT2D eigenvalue weighted by Crippen LogP contribution is -2.26. The van der Waals surface area contributed by atoms with Gasteiger partial charge in [-0.15, -0.1) is 0 Å². The maximum absolute atomic E-state index is 12.7. The number of Topliss-reactive ketones (excluding diaryl/α,β-unsaturated/α-hetero) is 1. The molecule has 6 nitrogen and oxygen atoms in total. The smallest absolute Gasteiger partial charge is 0.238 e. The third kappa shape index (κ3) is 3.87. The number of aromatic nitrogens is 1. The van der Waals surface area contributed by atoms with E-state index >= 15 is 0 Å². The number of nitrogens with two attached hydrogens (primary N) is 1. The van der Waals surface area contributed by atoms with Crippen LogP contribution in [0.5, 0.6) is 5.75 Å². The van der Waals surface area contributed by atoms with E-state index in [1.165, 1.54) is 12.1 Å². The number of primary sulfonamides is 1. The van der Waals surface area contributed by atoms with Gasteiger partial charge < -0.3 is 9.30 Å². The summed E-state index contributed by atoms with van der Waals surface area (Å²) >= 11 is 0. The molecule has 0 amide bonds. The molecule has 1 aromatic heterocycles. The molecular weight excluding hydrogens is 424 g/mol. The van der Waals surface area contributed by atoms with Crippen molar-refractivity contribution < 1.29 is 17.9 Å². The van der Waals surface area contributed by atoms with Gasteiger partial charge in [0.1, 0.15) is 5.75 Å². The molecule has 32 heavy (non-hydrogen) atoms. The fourth-order valence-corrected chi connectivity index (χ4v) is 4.82. The van der Waals surface area contributed by atoms with Crippen molar-refractivity contribution in [3.05, 3.63) is 65.4 Å². The summed E-state index contributed by atoms with van der Waals surface area (Å²) in [6.07, 6.45) is 1.33. The Morgan fingerprint density at radius 3 is 2.44 bits per heavy atom. The number of carbonyl (C=O) groups excluding carboxylic acids is 1. The zero-order chi connectivity index (χ0) is 23.3. The van der Waals surface area contributed by atoms with Crippen molar-refractivity contribution in [2.24, 2.45) is 5.14 Å². The van der Waals surface area contributed by atoms with E-state index in [9.17, 15) is 13.2 Å². The number of hydrogen-bond acceptors (Lipinski definition) is 4. The first kappa shape index (κ1) is 22.3. The molecule has 0 bridgehead atoms. The fraction of sp³-hybridized carbons (Fsp3) is 0.320. The highest BCUT2D eigenvalue weighted by Gasteiger charge is 2.29. The Morgan fingerprint density at radius 2 is 1.81 bits per heavy atom. The zero-order valence-corrected chi connectivity index (χ0v) is 19.6. The van der Waals surface area contributed by atoms with Gasteiger partial charge in [0.25, 0.3) is 0 Å². The molecular formula is C25H28N2O4S. The summed E-state index contributed by atoms with van der Waals surface area (Å²) in [4.78, 5) is 12.7. The second kappa shape index (κ2) is 7.90. The minimum Gasteiger partial charge on any atom is -0.493 e. The molecule has 168 valence electrons. The maximum Gasteiger partial charge on any atom is 0.238 e. The number of benzene rings is 2. The van der Waals surface area contributed by atoms with Gasteiger partial charge >= 0.3 is 0 Å². The van der Waals surface area contributed by atoms with Crippen molar-refractivity contribution >= 4 is 15.8 Å². The van der Waals surface area contributed by atoms with Crippen molar-refractivity contribution in [3.63, 3.8) is 0 Å². The largest absolute Gasteiger partial charge is 0.493 e. The number of nitrogens with zero attached hydrogens (tertiary/aromatic N) is 1. The van der Waals surface area contributed by atoms with E-state index in [1.807, 2.05) is 36.6 Å². The van der Waals surface area contributed by atoms with Crippen LogP contribution in [0.25, 0.3) is 16.9 Å². The summed E-state index contributed by atoms with van der Waals surface area (Å²) in [6, 6.07) is 14.4. The molecule has 0 unspecified atom stereocenters. The van der Waals surface area contributed by atoms with Crippen LogP contribution >= 0.6 is 0 Å². The van der Waals surface area contributed by atoms with Crippen LogP contribution in [0.3, 0.4) is 0 Å². The molecule has 2 N–H and O–H groups in total. The molecule has 0 saturated heterocycles. The van der Waals surface area contributed by atoms with E-state index in [0.29, 0.717) is 18.6 Å². The Morgan fingerprint density at radius 1 is 1.12 bits per heavy atom. The number of carbonyl (C=O) groups is 1. The van der Waals surface area contributed by atoms with Crippen LogP contribution < -0.4 is 9.88 Å². The van der Waals surface area contributed by atoms with E-state index in [1.54, 1.807) is 12.1 Å². The van der Waals surface area contributed by atoms with Crippen molar-refractivity contribution in [3.8, 4) is 22.7 Å². The van der Waals surface area contributed by atoms with Gasteiger partial charge in [-0.05, 0) is 72.9 Å². The van der Waals surface area contributed by atoms with Crippen LogP contribution in [0, 0.1) is 6.92 Å². The van der Waals surface area contributed by atoms with Crippen LogP contribution in [-0.4, -0.2) is 25.4 Å². The summed E-state index contributed by atoms with van der Waals surface area (Å²) in [7, 11) is -3.79. The van der Waals surface area contributed by atoms with Gasteiger partial charge in [0.05, 0.1) is 17.2 Å². The predicted octanol–water partition coefficient (Wildman–Crippen LogP) is 4.75. The van der Waals surface area contributed by atoms with Gasteiger partial charge in [0.15, 0.2) is 5.78 Å². The van der Waals surface area contributed by atoms with E-state index in [4.69, 9.17) is 9.88 Å². The lowest BCUT2D eigenvalue weighted by atomic mass is 9.79. The highest BCUT2D eigenvalue weighted by Crippen LogP contribution is 2.41. The summed E-state index contributed by atoms with van der Waals surface area (Å²) in [6.45, 7) is 8.87. The number of ketones is 1. The van der Waals surface area contributed by atoms with Crippen molar-refractivity contribution in [2.45, 2.75) is 50.8 Å². The van der Waals surface area contributed by atoms with E-state index in [-0.39, 0.29) is 16.1 Å². The van der Waals surface area contributed by atoms with Gasteiger partial charge in [-0.25, -0.2) is 13.6 Å². The summed E-state index contributed by atoms with van der Waals surface area (Å²) in [5, 5.41) is 5.26. The Kier molecular flexibility index (Phi) is 5.51. The Hall–Kier alpha value is -2.90. The molecule has 7 heteroatoms. The Bertz CT molecular complexity index is 1300. The van der Waals surface area contributed by atoms with Crippen molar-refractivity contribution in [1.29, 1.82) is 0 Å². The first-order valence-electron chi connectivity index (χ1n) is 10.7. The number of sulfonamides is 1. The predicted molar refractivity (Wildman–Crippen MR) is 125 cm³/mol. The number of fused-ring (bicyclic) bond motifs is 1. The molecule has 0 spiro atoms. The van der Waals surface area contributed by atoms with Crippen LogP contribution in [0.4, 0.5) is 0 Å². The third-order valence-corrected chi connectivity index (χ3v) is 7.21. The maximum atomic E-state index is 12.7. The minimum absolute atomic E-state index is 0.0186. The van der Waals surface area contributed by atoms with Gasteiger partial charge in [0, 0.05) is 28.9 Å². The minimum atomic E-state index is -3.79. The van der Waals surface area contributed by atoms with Crippen LogP contribution in [0.15, 0.2) is 53.4 Å². The molecule has 0 radical (unpaired) electrons. The Labute approximate surface area is 189 Å². The van der Waals surface area contributed by atoms with Gasteiger partial charge in [-0.2, -0.15) is 0 Å². The molecule has 0 aliphatic carbocycles. The number of ether oxygens (including phenoxy) is 1. The molecule has 0 fully saturated rings. The SMILES string of the molecule is CCC(=O)c1cc(-c2ccc3c(c2)C(C)(C)CCO3)n(-c2ccc(S(N)(=O)=O)cc2)c1C. The lowest BCUT2D eigenvalue weighted by molar-refractivity contribution is 0.0987. The number of rotatable bonds is 5. The average Bonchev–Trinajstić information content (AvgIpc) is 3.09. The monoisotopic (exact) mass is 452 g/mol. The summed E-state index contributed by atoms with van der Waals surface area (Å²) in [5.74, 6) is 0.951. The normalized spacial score (nSPS) is 15.2. The van der Waals surface area contributed by atoms with Gasteiger partial charge in [-0.3, -0.25) is 4.79 Å². The molecule has 4 rings (SSSR count). The summed E-state index contributed by atoms with van der Waals surface area (Å²) < 4.78 is 31.2. The quantitative estimate of drug-likeness (QED) is 0.566. The molecule has 0 atom stereocenters. The molecule has 2 aromatic carbocycles. The van der Waals surface area contributed by atoms with Gasteiger partial charge in [-0.1, -0.05) is 20.8 Å². The third-order valence-electron chi connectivity index (χ3n) is 6.28. The van der Waals surface area contributed by atoms with Crippen molar-refractivity contribution in [2.75, 3.05) is 6.61 Å². The molecule has 1 aliphatic heterocycles. The first-order chi connectivity index (χ1) is 15.0. The second-order valence-electron chi connectivity index (χ2n) is 8.87. The highest BCUT2D eigenvalue weighted by atomic mass is 32.2. The van der Waals surface area contributed by atoms with Crippen LogP contribution in [0.2, 0.25) is 0 Å². The summed E-state index contributed by atoms with van der Waals surface area (Å²) in [5.41, 5.74) is 5.18. The van der Waals surface area contributed by atoms with E-state index in [0.717, 1.165) is 40.4 Å². The average molecular weight is 453 g/mol. The topological polar surface area (TPSA) is 91.4 Å². The molecule has 2 heterocycles. The standard InChI is InChI=1S/C25H28N2O4S/c1-5-23(28)20-15-22(17-6-11-24-21(14-17)25(3,4)12-13-31-24)27(16(20)2)18-7-9-19(10-8-18)32(26,29)30/h6-11,14-15H,5,12-13H2,1-4H3,(H2,26,29,30). The molecule has 0 saturated carbocycles.